The van der Waals surface area contributed by atoms with E-state index in [9.17, 15) is 9.50 Å². The summed E-state index contributed by atoms with van der Waals surface area (Å²) in [5.74, 6) is -0.223. The first-order valence-corrected chi connectivity index (χ1v) is 6.58. The Morgan fingerprint density at radius 2 is 1.72 bits per heavy atom. The Hall–Kier alpha value is -0.930. The van der Waals surface area contributed by atoms with Crippen LogP contribution in [0.3, 0.4) is 0 Å². The minimum absolute atomic E-state index is 0.167. The molecule has 2 nitrogen and oxygen atoms in total. The number of nitrogens with two attached hydrogens (primary N) is 1. The first kappa shape index (κ1) is 13.5. The van der Waals surface area contributed by atoms with E-state index < -0.39 is 0 Å². The average Bonchev–Trinajstić information content (AvgIpc) is 2.30. The van der Waals surface area contributed by atoms with Gasteiger partial charge in [-0.3, -0.25) is 0 Å². The van der Waals surface area contributed by atoms with E-state index in [0.29, 0.717) is 0 Å². The molecule has 0 bridgehead atoms. The molecule has 0 spiro atoms. The number of hydrogen-bond acceptors (Lipinski definition) is 2. The molecule has 1 aromatic rings. The van der Waals surface area contributed by atoms with Crippen molar-refractivity contribution in [1.29, 1.82) is 0 Å². The number of hydrogen-bond donors (Lipinski definition) is 2. The van der Waals surface area contributed by atoms with Gasteiger partial charge in [0.1, 0.15) is 5.82 Å². The van der Waals surface area contributed by atoms with Crippen LogP contribution in [-0.4, -0.2) is 16.7 Å². The SMILES string of the molecule is CC(C)(N)C1(c2ccc(F)cc2)CCC(O)CC1. The maximum Gasteiger partial charge on any atom is 0.123 e. The average molecular weight is 251 g/mol. The van der Waals surface area contributed by atoms with Gasteiger partial charge in [-0.05, 0) is 57.2 Å². The van der Waals surface area contributed by atoms with E-state index in [0.717, 1.165) is 31.2 Å². The predicted molar refractivity (Wildman–Crippen MR) is 70.8 cm³/mol. The van der Waals surface area contributed by atoms with Gasteiger partial charge in [-0.15, -0.1) is 0 Å². The maximum absolute atomic E-state index is 13.1. The molecule has 0 heterocycles. The molecular formula is C15H22FNO. The molecule has 0 saturated heterocycles. The van der Waals surface area contributed by atoms with Crippen LogP contribution in [0.5, 0.6) is 0 Å². The van der Waals surface area contributed by atoms with Gasteiger partial charge in [0.25, 0.3) is 0 Å². The first-order chi connectivity index (χ1) is 8.35. The fourth-order valence-electron chi connectivity index (χ4n) is 3.17. The summed E-state index contributed by atoms with van der Waals surface area (Å²) in [5, 5.41) is 9.70. The monoisotopic (exact) mass is 251 g/mol. The van der Waals surface area contributed by atoms with Crippen molar-refractivity contribution in [2.75, 3.05) is 0 Å². The molecule has 3 heteroatoms. The molecule has 0 radical (unpaired) electrons. The van der Waals surface area contributed by atoms with Crippen molar-refractivity contribution >= 4 is 0 Å². The molecular weight excluding hydrogens is 229 g/mol. The molecule has 0 unspecified atom stereocenters. The van der Waals surface area contributed by atoms with E-state index in [1.807, 2.05) is 26.0 Å². The predicted octanol–water partition coefficient (Wildman–Crippen LogP) is 2.74. The Morgan fingerprint density at radius 1 is 1.22 bits per heavy atom. The topological polar surface area (TPSA) is 46.2 Å². The van der Waals surface area contributed by atoms with Gasteiger partial charge in [-0.1, -0.05) is 12.1 Å². The lowest BCUT2D eigenvalue weighted by molar-refractivity contribution is 0.0690. The Labute approximate surface area is 108 Å². The van der Waals surface area contributed by atoms with Gasteiger partial charge in [0, 0.05) is 11.0 Å². The fourth-order valence-corrected chi connectivity index (χ4v) is 3.17. The standard InChI is InChI=1S/C15H22FNO/c1-14(2,17)15(9-7-13(18)8-10-15)11-3-5-12(16)6-4-11/h3-6,13,18H,7-10,17H2,1-2H3. The van der Waals surface area contributed by atoms with Gasteiger partial charge in [0.2, 0.25) is 0 Å². The molecule has 0 atom stereocenters. The summed E-state index contributed by atoms with van der Waals surface area (Å²) < 4.78 is 13.1. The van der Waals surface area contributed by atoms with Gasteiger partial charge >= 0.3 is 0 Å². The highest BCUT2D eigenvalue weighted by Gasteiger charge is 2.45. The van der Waals surface area contributed by atoms with Crippen LogP contribution in [-0.2, 0) is 5.41 Å². The van der Waals surface area contributed by atoms with Gasteiger partial charge in [-0.25, -0.2) is 4.39 Å². The van der Waals surface area contributed by atoms with E-state index in [1.165, 1.54) is 12.1 Å². The second-order valence-electron chi connectivity index (χ2n) is 6.04. The van der Waals surface area contributed by atoms with Crippen molar-refractivity contribution in [1.82, 2.24) is 0 Å². The summed E-state index contributed by atoms with van der Waals surface area (Å²) >= 11 is 0. The zero-order valence-electron chi connectivity index (χ0n) is 11.1. The lowest BCUT2D eigenvalue weighted by atomic mass is 9.59. The second kappa shape index (κ2) is 4.63. The maximum atomic E-state index is 13.1. The van der Waals surface area contributed by atoms with Crippen molar-refractivity contribution in [2.24, 2.45) is 5.73 Å². The van der Waals surface area contributed by atoms with Crippen molar-refractivity contribution in [2.45, 2.75) is 56.6 Å². The van der Waals surface area contributed by atoms with E-state index >= 15 is 0 Å². The minimum Gasteiger partial charge on any atom is -0.393 e. The smallest absolute Gasteiger partial charge is 0.123 e. The lowest BCUT2D eigenvalue weighted by Crippen LogP contribution is -2.56. The van der Waals surface area contributed by atoms with Crippen LogP contribution in [0.25, 0.3) is 0 Å². The summed E-state index contributed by atoms with van der Waals surface area (Å²) in [6.45, 7) is 4.04. The Bertz CT molecular complexity index is 399. The van der Waals surface area contributed by atoms with Crippen LogP contribution in [0.2, 0.25) is 0 Å². The summed E-state index contributed by atoms with van der Waals surface area (Å²) in [4.78, 5) is 0. The molecule has 0 aromatic heterocycles. The van der Waals surface area contributed by atoms with Crippen LogP contribution in [0.1, 0.15) is 45.1 Å². The third kappa shape index (κ3) is 2.29. The van der Waals surface area contributed by atoms with E-state index in [2.05, 4.69) is 0 Å². The van der Waals surface area contributed by atoms with Crippen LogP contribution in [0.15, 0.2) is 24.3 Å². The number of halogens is 1. The van der Waals surface area contributed by atoms with Gasteiger partial charge in [0.05, 0.1) is 6.10 Å². The number of aliphatic hydroxyl groups excluding tert-OH is 1. The van der Waals surface area contributed by atoms with Crippen molar-refractivity contribution in [3.63, 3.8) is 0 Å². The Balaban J connectivity index is 2.40. The molecule has 18 heavy (non-hydrogen) atoms. The van der Waals surface area contributed by atoms with Gasteiger partial charge < -0.3 is 10.8 Å². The molecule has 1 aromatic carbocycles. The van der Waals surface area contributed by atoms with E-state index in [4.69, 9.17) is 5.73 Å². The largest absolute Gasteiger partial charge is 0.393 e. The normalized spacial score (nSPS) is 29.3. The zero-order chi connectivity index (χ0) is 13.4. The first-order valence-electron chi connectivity index (χ1n) is 6.58. The molecule has 1 fully saturated rings. The molecule has 100 valence electrons. The lowest BCUT2D eigenvalue weighted by Gasteiger charge is -2.48. The Kier molecular flexibility index (Phi) is 3.47. The highest BCUT2D eigenvalue weighted by atomic mass is 19.1. The summed E-state index contributed by atoms with van der Waals surface area (Å²) in [6, 6.07) is 6.66. The number of benzene rings is 1. The number of aliphatic hydroxyl groups is 1. The summed E-state index contributed by atoms with van der Waals surface area (Å²) in [6.07, 6.45) is 3.00. The molecule has 0 amide bonds. The van der Waals surface area contributed by atoms with E-state index in [1.54, 1.807) is 0 Å². The third-order valence-electron chi connectivity index (χ3n) is 4.44. The van der Waals surface area contributed by atoms with Crippen LogP contribution in [0.4, 0.5) is 4.39 Å². The number of rotatable bonds is 2. The van der Waals surface area contributed by atoms with Crippen molar-refractivity contribution in [3.05, 3.63) is 35.6 Å². The van der Waals surface area contributed by atoms with Crippen LogP contribution >= 0.6 is 0 Å². The molecule has 1 aliphatic rings. The highest BCUT2D eigenvalue weighted by molar-refractivity contribution is 5.31. The van der Waals surface area contributed by atoms with Gasteiger partial charge in [0.15, 0.2) is 0 Å². The van der Waals surface area contributed by atoms with E-state index in [-0.39, 0.29) is 22.9 Å². The zero-order valence-corrected chi connectivity index (χ0v) is 11.1. The van der Waals surface area contributed by atoms with Gasteiger partial charge in [-0.2, -0.15) is 0 Å². The van der Waals surface area contributed by atoms with Crippen LogP contribution in [0, 0.1) is 5.82 Å². The quantitative estimate of drug-likeness (QED) is 0.849. The fraction of sp³-hybridized carbons (Fsp3) is 0.600. The second-order valence-corrected chi connectivity index (χ2v) is 6.04. The Morgan fingerprint density at radius 3 is 2.17 bits per heavy atom. The summed E-state index contributed by atoms with van der Waals surface area (Å²) in [7, 11) is 0. The minimum atomic E-state index is -0.384. The molecule has 1 saturated carbocycles. The van der Waals surface area contributed by atoms with Crippen LogP contribution < -0.4 is 5.73 Å². The molecule has 3 N–H and O–H groups in total. The molecule has 0 aliphatic heterocycles. The third-order valence-corrected chi connectivity index (χ3v) is 4.44. The molecule has 1 aliphatic carbocycles. The van der Waals surface area contributed by atoms with Crippen molar-refractivity contribution in [3.8, 4) is 0 Å². The highest BCUT2D eigenvalue weighted by Crippen LogP contribution is 2.46. The molecule has 2 rings (SSSR count). The summed E-state index contributed by atoms with van der Waals surface area (Å²) in [5.41, 5.74) is 6.92. The van der Waals surface area contributed by atoms with Crippen molar-refractivity contribution < 1.29 is 9.50 Å².